The highest BCUT2D eigenvalue weighted by Gasteiger charge is 2.26. The highest BCUT2D eigenvalue weighted by Crippen LogP contribution is 2.27. The molecule has 0 saturated carbocycles. The second-order valence-corrected chi connectivity index (χ2v) is 6.42. The lowest BCUT2D eigenvalue weighted by Crippen LogP contribution is -2.31. The third-order valence-electron chi connectivity index (χ3n) is 3.82. The normalized spacial score (nSPS) is 21.3. The van der Waals surface area contributed by atoms with Crippen LogP contribution in [0.15, 0.2) is 5.38 Å². The Morgan fingerprint density at radius 2 is 2.37 bits per heavy atom. The van der Waals surface area contributed by atoms with E-state index in [0.717, 1.165) is 26.1 Å². The second kappa shape index (κ2) is 6.68. The van der Waals surface area contributed by atoms with E-state index in [1.807, 2.05) is 0 Å². The van der Waals surface area contributed by atoms with Gasteiger partial charge in [-0.05, 0) is 40.4 Å². The van der Waals surface area contributed by atoms with Crippen LogP contribution in [0.3, 0.4) is 0 Å². The molecule has 1 aliphatic heterocycles. The summed E-state index contributed by atoms with van der Waals surface area (Å²) in [5.74, 6) is 0. The summed E-state index contributed by atoms with van der Waals surface area (Å²) in [5.41, 5.74) is 1.18. The Labute approximate surface area is 120 Å². The molecule has 0 radical (unpaired) electrons. The van der Waals surface area contributed by atoms with Crippen molar-refractivity contribution in [2.45, 2.75) is 38.8 Å². The van der Waals surface area contributed by atoms with Crippen LogP contribution in [-0.4, -0.2) is 49.7 Å². The number of nitrogens with one attached hydrogen (secondary N) is 1. The number of rotatable bonds is 6. The van der Waals surface area contributed by atoms with Gasteiger partial charge in [-0.1, -0.05) is 6.92 Å². The van der Waals surface area contributed by atoms with Gasteiger partial charge in [0.1, 0.15) is 0 Å². The first-order valence-corrected chi connectivity index (χ1v) is 8.10. The van der Waals surface area contributed by atoms with Gasteiger partial charge in [0, 0.05) is 30.6 Å². The maximum absolute atomic E-state index is 4.80. The highest BCUT2D eigenvalue weighted by atomic mass is 32.1. The van der Waals surface area contributed by atoms with Crippen molar-refractivity contribution in [2.24, 2.45) is 0 Å². The average Bonchev–Trinajstić information content (AvgIpc) is 3.03. The van der Waals surface area contributed by atoms with Gasteiger partial charge in [-0.25, -0.2) is 4.98 Å². The van der Waals surface area contributed by atoms with Crippen molar-refractivity contribution in [2.75, 3.05) is 38.6 Å². The monoisotopic (exact) mass is 282 g/mol. The molecule has 2 heterocycles. The number of hydrogen-bond acceptors (Lipinski definition) is 5. The first-order valence-electron chi connectivity index (χ1n) is 7.22. The molecule has 1 fully saturated rings. The summed E-state index contributed by atoms with van der Waals surface area (Å²) in [4.78, 5) is 9.54. The molecule has 4 nitrogen and oxygen atoms in total. The molecule has 0 amide bonds. The molecule has 5 heteroatoms. The van der Waals surface area contributed by atoms with Crippen LogP contribution in [0.1, 0.15) is 38.4 Å². The van der Waals surface area contributed by atoms with Crippen molar-refractivity contribution in [3.63, 3.8) is 0 Å². The van der Waals surface area contributed by atoms with E-state index >= 15 is 0 Å². The summed E-state index contributed by atoms with van der Waals surface area (Å²) in [6.45, 7) is 7.68. The second-order valence-electron chi connectivity index (χ2n) is 5.58. The zero-order valence-corrected chi connectivity index (χ0v) is 13.3. The van der Waals surface area contributed by atoms with Crippen molar-refractivity contribution in [1.82, 2.24) is 15.2 Å². The van der Waals surface area contributed by atoms with Gasteiger partial charge in [0.05, 0.1) is 5.69 Å². The van der Waals surface area contributed by atoms with Crippen molar-refractivity contribution in [1.29, 1.82) is 0 Å². The first-order chi connectivity index (χ1) is 9.11. The number of anilines is 1. The van der Waals surface area contributed by atoms with Crippen LogP contribution >= 0.6 is 11.3 Å². The van der Waals surface area contributed by atoms with Crippen LogP contribution < -0.4 is 10.2 Å². The van der Waals surface area contributed by atoms with Crippen LogP contribution in [0.2, 0.25) is 0 Å². The summed E-state index contributed by atoms with van der Waals surface area (Å²) in [6.07, 6.45) is 2.41. The Kier molecular flexibility index (Phi) is 5.19. The zero-order valence-electron chi connectivity index (χ0n) is 12.5. The Morgan fingerprint density at radius 1 is 1.58 bits per heavy atom. The number of hydrogen-bond donors (Lipinski definition) is 1. The van der Waals surface area contributed by atoms with Crippen LogP contribution in [0.4, 0.5) is 5.13 Å². The van der Waals surface area contributed by atoms with Gasteiger partial charge in [0.25, 0.3) is 0 Å². The van der Waals surface area contributed by atoms with Gasteiger partial charge in [-0.15, -0.1) is 11.3 Å². The molecule has 2 rings (SSSR count). The van der Waals surface area contributed by atoms with Gasteiger partial charge in [-0.3, -0.25) is 0 Å². The van der Waals surface area contributed by atoms with Gasteiger partial charge in [0.2, 0.25) is 0 Å². The molecule has 1 saturated heterocycles. The number of thiazole rings is 1. The van der Waals surface area contributed by atoms with Crippen LogP contribution in [0.5, 0.6) is 0 Å². The molecule has 1 aromatic heterocycles. The Hall–Kier alpha value is -0.650. The third kappa shape index (κ3) is 3.68. The Morgan fingerprint density at radius 3 is 3.00 bits per heavy atom. The fraction of sp³-hybridized carbons (Fsp3) is 0.786. The van der Waals surface area contributed by atoms with E-state index in [1.165, 1.54) is 17.2 Å². The highest BCUT2D eigenvalue weighted by molar-refractivity contribution is 7.13. The van der Waals surface area contributed by atoms with Crippen LogP contribution in [0, 0.1) is 0 Å². The van der Waals surface area contributed by atoms with E-state index in [-0.39, 0.29) is 0 Å². The van der Waals surface area contributed by atoms with E-state index in [0.29, 0.717) is 12.1 Å². The SMILES string of the molecule is CCCNC(C)c1csc(N2CCC(N(C)C)C2)n1. The topological polar surface area (TPSA) is 31.4 Å². The predicted molar refractivity (Wildman–Crippen MR) is 83.1 cm³/mol. The number of likely N-dealkylation sites (N-methyl/N-ethyl adjacent to an activating group) is 1. The quantitative estimate of drug-likeness (QED) is 0.868. The van der Waals surface area contributed by atoms with Crippen molar-refractivity contribution < 1.29 is 0 Å². The van der Waals surface area contributed by atoms with Crippen LogP contribution in [-0.2, 0) is 0 Å². The van der Waals surface area contributed by atoms with E-state index in [9.17, 15) is 0 Å². The van der Waals surface area contributed by atoms with E-state index in [2.05, 4.69) is 48.4 Å². The minimum Gasteiger partial charge on any atom is -0.346 e. The standard InChI is InChI=1S/C14H26N4S/c1-5-7-15-11(2)13-10-19-14(16-13)18-8-6-12(9-18)17(3)4/h10-12,15H,5-9H2,1-4H3. The summed E-state index contributed by atoms with van der Waals surface area (Å²) in [7, 11) is 4.33. The lowest BCUT2D eigenvalue weighted by molar-refractivity contribution is 0.315. The van der Waals surface area contributed by atoms with Gasteiger partial charge in [-0.2, -0.15) is 0 Å². The molecule has 19 heavy (non-hydrogen) atoms. The summed E-state index contributed by atoms with van der Waals surface area (Å²) in [5, 5.41) is 6.88. The lowest BCUT2D eigenvalue weighted by atomic mass is 10.2. The van der Waals surface area contributed by atoms with Crippen molar-refractivity contribution in [3.8, 4) is 0 Å². The Bertz CT molecular complexity index is 391. The number of aromatic nitrogens is 1. The van der Waals surface area contributed by atoms with Gasteiger partial charge in [0.15, 0.2) is 5.13 Å². The number of nitrogens with zero attached hydrogens (tertiary/aromatic N) is 3. The maximum atomic E-state index is 4.80. The first kappa shape index (κ1) is 14.8. The Balaban J connectivity index is 1.94. The molecule has 0 bridgehead atoms. The van der Waals surface area contributed by atoms with E-state index in [1.54, 1.807) is 11.3 Å². The molecule has 0 aromatic carbocycles. The third-order valence-corrected chi connectivity index (χ3v) is 4.74. The van der Waals surface area contributed by atoms with Gasteiger partial charge < -0.3 is 15.1 Å². The molecule has 2 atom stereocenters. The fourth-order valence-electron chi connectivity index (χ4n) is 2.42. The van der Waals surface area contributed by atoms with E-state index in [4.69, 9.17) is 4.98 Å². The predicted octanol–water partition coefficient (Wildman–Crippen LogP) is 2.34. The molecule has 108 valence electrons. The molecule has 1 N–H and O–H groups in total. The molecule has 1 aromatic rings. The fourth-order valence-corrected chi connectivity index (χ4v) is 3.38. The minimum absolute atomic E-state index is 0.359. The molecule has 2 unspecified atom stereocenters. The molecule has 0 spiro atoms. The largest absolute Gasteiger partial charge is 0.346 e. The summed E-state index contributed by atoms with van der Waals surface area (Å²) in [6, 6.07) is 1.03. The minimum atomic E-state index is 0.359. The summed E-state index contributed by atoms with van der Waals surface area (Å²) < 4.78 is 0. The van der Waals surface area contributed by atoms with Crippen molar-refractivity contribution >= 4 is 16.5 Å². The van der Waals surface area contributed by atoms with Crippen LogP contribution in [0.25, 0.3) is 0 Å². The average molecular weight is 282 g/mol. The molecular formula is C14H26N4S. The lowest BCUT2D eigenvalue weighted by Gasteiger charge is -2.19. The maximum Gasteiger partial charge on any atom is 0.185 e. The van der Waals surface area contributed by atoms with Crippen molar-refractivity contribution in [3.05, 3.63) is 11.1 Å². The van der Waals surface area contributed by atoms with E-state index < -0.39 is 0 Å². The zero-order chi connectivity index (χ0) is 13.8. The molecule has 1 aliphatic rings. The molecular weight excluding hydrogens is 256 g/mol. The molecule has 0 aliphatic carbocycles. The smallest absolute Gasteiger partial charge is 0.185 e. The van der Waals surface area contributed by atoms with Gasteiger partial charge >= 0.3 is 0 Å². The summed E-state index contributed by atoms with van der Waals surface area (Å²) >= 11 is 1.78.